The molecule has 7 nitrogen and oxygen atoms in total. The zero-order chi connectivity index (χ0) is 28.9. The average molecular weight is 589 g/mol. The molecule has 222 valence electrons. The number of rotatable bonds is 8. The van der Waals surface area contributed by atoms with Crippen molar-refractivity contribution in [3.8, 4) is 11.1 Å². The van der Waals surface area contributed by atoms with Crippen molar-refractivity contribution in [1.29, 1.82) is 0 Å². The lowest BCUT2D eigenvalue weighted by atomic mass is 9.93. The first-order chi connectivity index (χ1) is 19.9. The van der Waals surface area contributed by atoms with Gasteiger partial charge in [0.15, 0.2) is 0 Å². The molecule has 1 atom stereocenters. The first kappa shape index (κ1) is 31.3. The van der Waals surface area contributed by atoms with Gasteiger partial charge in [-0.1, -0.05) is 42.5 Å². The minimum atomic E-state index is -0.191. The van der Waals surface area contributed by atoms with Crippen molar-refractivity contribution in [3.63, 3.8) is 0 Å². The van der Waals surface area contributed by atoms with Crippen molar-refractivity contribution in [2.45, 2.75) is 46.1 Å². The maximum Gasteiger partial charge on any atom is 0.255 e. The third kappa shape index (κ3) is 6.85. The average Bonchev–Trinajstić information content (AvgIpc) is 3.00. The molecule has 2 aliphatic rings. The second-order valence-corrected chi connectivity index (χ2v) is 11.1. The Morgan fingerprint density at radius 1 is 0.976 bits per heavy atom. The Bertz CT molecular complexity index is 1420. The molecule has 0 bridgehead atoms. The number of carbonyl (C=O) groups excluding carboxylic acids is 3. The molecule has 2 aliphatic heterocycles. The molecule has 3 aromatic rings. The highest BCUT2D eigenvalue weighted by Crippen LogP contribution is 2.31. The van der Waals surface area contributed by atoms with E-state index in [-0.39, 0.29) is 36.0 Å². The highest BCUT2D eigenvalue weighted by atomic mass is 35.5. The number of hydrogen-bond acceptors (Lipinski definition) is 4. The highest BCUT2D eigenvalue weighted by molar-refractivity contribution is 6.05. The lowest BCUT2D eigenvalue weighted by Gasteiger charge is -2.35. The molecule has 8 heteroatoms. The number of aryl methyl sites for hydroxylation is 1. The molecule has 42 heavy (non-hydrogen) atoms. The second-order valence-electron chi connectivity index (χ2n) is 11.1. The molecular formula is C34H41ClN4O3. The van der Waals surface area contributed by atoms with Crippen molar-refractivity contribution in [2.75, 3.05) is 43.4 Å². The van der Waals surface area contributed by atoms with Gasteiger partial charge >= 0.3 is 0 Å². The van der Waals surface area contributed by atoms with Crippen LogP contribution in [0.25, 0.3) is 11.1 Å². The van der Waals surface area contributed by atoms with Crippen molar-refractivity contribution < 1.29 is 14.4 Å². The number of halogens is 1. The standard InChI is InChI=1S/C34H40N4O3.ClH/c1-4-38(5-2)34(41)27-12-9-19-37(22-27)23-28-20-26(14-17-30(28)24-10-7-6-8-11-24)33(40)35-29-16-13-25-15-18-32(39)36(3)31(25)21-29;/h6-8,10-11,13-14,16-17,20-21,27H,4-5,9,12,15,18-19,22-23H2,1-3H3,(H,35,40);1H. The summed E-state index contributed by atoms with van der Waals surface area (Å²) in [5.74, 6) is 0.141. The lowest BCUT2D eigenvalue weighted by Crippen LogP contribution is -2.44. The smallest absolute Gasteiger partial charge is 0.255 e. The van der Waals surface area contributed by atoms with E-state index in [0.29, 0.717) is 24.2 Å². The number of nitrogens with zero attached hydrogens (tertiary/aromatic N) is 3. The number of anilines is 2. The van der Waals surface area contributed by atoms with E-state index < -0.39 is 0 Å². The summed E-state index contributed by atoms with van der Waals surface area (Å²) in [7, 11) is 1.78. The fourth-order valence-electron chi connectivity index (χ4n) is 6.11. The molecule has 0 aromatic heterocycles. The molecule has 0 saturated carbocycles. The monoisotopic (exact) mass is 588 g/mol. The van der Waals surface area contributed by atoms with Gasteiger partial charge in [-0.3, -0.25) is 19.3 Å². The molecular weight excluding hydrogens is 548 g/mol. The number of carbonyl (C=O) groups is 3. The predicted molar refractivity (Wildman–Crippen MR) is 171 cm³/mol. The van der Waals surface area contributed by atoms with Crippen LogP contribution in [0.2, 0.25) is 0 Å². The summed E-state index contributed by atoms with van der Waals surface area (Å²) >= 11 is 0. The summed E-state index contributed by atoms with van der Waals surface area (Å²) in [6, 6.07) is 21.9. The number of benzene rings is 3. The molecule has 3 aromatic carbocycles. The van der Waals surface area contributed by atoms with Crippen LogP contribution in [0.5, 0.6) is 0 Å². The highest BCUT2D eigenvalue weighted by Gasteiger charge is 2.29. The van der Waals surface area contributed by atoms with Gasteiger partial charge in [-0.05, 0) is 86.2 Å². The number of fused-ring (bicyclic) bond motifs is 1. The van der Waals surface area contributed by atoms with Crippen molar-refractivity contribution in [1.82, 2.24) is 9.80 Å². The van der Waals surface area contributed by atoms with Crippen LogP contribution in [0.3, 0.4) is 0 Å². The van der Waals surface area contributed by atoms with E-state index in [1.165, 1.54) is 0 Å². The van der Waals surface area contributed by atoms with Crippen LogP contribution in [-0.4, -0.2) is 60.7 Å². The van der Waals surface area contributed by atoms with E-state index in [2.05, 4.69) is 22.3 Å². The Balaban J connectivity index is 0.00000405. The summed E-state index contributed by atoms with van der Waals surface area (Å²) in [6.07, 6.45) is 3.12. The van der Waals surface area contributed by atoms with Gasteiger partial charge in [0.1, 0.15) is 0 Å². The van der Waals surface area contributed by atoms with Crippen LogP contribution in [-0.2, 0) is 22.6 Å². The predicted octanol–water partition coefficient (Wildman–Crippen LogP) is 6.02. The summed E-state index contributed by atoms with van der Waals surface area (Å²) < 4.78 is 0. The first-order valence-electron chi connectivity index (χ1n) is 14.8. The summed E-state index contributed by atoms with van der Waals surface area (Å²) in [6.45, 7) is 7.85. The van der Waals surface area contributed by atoms with Gasteiger partial charge in [0, 0.05) is 56.6 Å². The topological polar surface area (TPSA) is 73.0 Å². The number of piperidine rings is 1. The van der Waals surface area contributed by atoms with Crippen LogP contribution in [0.1, 0.15) is 54.6 Å². The fourth-order valence-corrected chi connectivity index (χ4v) is 6.11. The molecule has 1 saturated heterocycles. The van der Waals surface area contributed by atoms with E-state index >= 15 is 0 Å². The molecule has 1 N–H and O–H groups in total. The first-order valence-corrected chi connectivity index (χ1v) is 14.8. The zero-order valence-electron chi connectivity index (χ0n) is 24.8. The Morgan fingerprint density at radius 3 is 2.48 bits per heavy atom. The number of likely N-dealkylation sites (tertiary alicyclic amines) is 1. The van der Waals surface area contributed by atoms with E-state index in [0.717, 1.165) is 73.4 Å². The third-order valence-corrected chi connectivity index (χ3v) is 8.46. The molecule has 1 fully saturated rings. The molecule has 0 radical (unpaired) electrons. The van der Waals surface area contributed by atoms with Crippen LogP contribution >= 0.6 is 12.4 Å². The molecule has 5 rings (SSSR count). The number of amides is 3. The zero-order valence-corrected chi connectivity index (χ0v) is 25.6. The minimum Gasteiger partial charge on any atom is -0.343 e. The van der Waals surface area contributed by atoms with E-state index in [4.69, 9.17) is 0 Å². The van der Waals surface area contributed by atoms with Crippen molar-refractivity contribution in [2.24, 2.45) is 5.92 Å². The summed E-state index contributed by atoms with van der Waals surface area (Å²) in [4.78, 5) is 44.7. The van der Waals surface area contributed by atoms with Crippen molar-refractivity contribution >= 4 is 41.5 Å². The van der Waals surface area contributed by atoms with E-state index in [1.807, 2.05) is 73.3 Å². The van der Waals surface area contributed by atoms with Gasteiger partial charge in [0.05, 0.1) is 5.92 Å². The van der Waals surface area contributed by atoms with Gasteiger partial charge in [-0.15, -0.1) is 12.4 Å². The molecule has 0 aliphatic carbocycles. The lowest BCUT2D eigenvalue weighted by molar-refractivity contribution is -0.137. The van der Waals surface area contributed by atoms with Crippen LogP contribution in [0.4, 0.5) is 11.4 Å². The van der Waals surface area contributed by atoms with Gasteiger partial charge in [-0.2, -0.15) is 0 Å². The van der Waals surface area contributed by atoms with Gasteiger partial charge < -0.3 is 15.1 Å². The third-order valence-electron chi connectivity index (χ3n) is 8.46. The van der Waals surface area contributed by atoms with Gasteiger partial charge in [0.25, 0.3) is 5.91 Å². The van der Waals surface area contributed by atoms with E-state index in [9.17, 15) is 14.4 Å². The molecule has 0 spiro atoms. The summed E-state index contributed by atoms with van der Waals surface area (Å²) in [5, 5.41) is 3.04. The Morgan fingerprint density at radius 2 is 1.74 bits per heavy atom. The number of hydrogen-bond donors (Lipinski definition) is 1. The Labute approximate surface area is 255 Å². The summed E-state index contributed by atoms with van der Waals surface area (Å²) in [5.41, 5.74) is 6.46. The van der Waals surface area contributed by atoms with Gasteiger partial charge in [0.2, 0.25) is 11.8 Å². The fraction of sp³-hybridized carbons (Fsp3) is 0.382. The number of nitrogens with one attached hydrogen (secondary N) is 1. The largest absolute Gasteiger partial charge is 0.343 e. The Kier molecular flexibility index (Phi) is 10.4. The van der Waals surface area contributed by atoms with Crippen molar-refractivity contribution in [3.05, 3.63) is 83.4 Å². The van der Waals surface area contributed by atoms with Crippen LogP contribution in [0.15, 0.2) is 66.7 Å². The normalized spacial score (nSPS) is 16.8. The quantitative estimate of drug-likeness (QED) is 0.349. The maximum atomic E-state index is 13.4. The van der Waals surface area contributed by atoms with Crippen LogP contribution < -0.4 is 10.2 Å². The SMILES string of the molecule is CCN(CC)C(=O)C1CCCN(Cc2cc(C(=O)Nc3ccc4c(c3)N(C)C(=O)CC4)ccc2-c2ccccc2)C1.Cl. The molecule has 3 amide bonds. The minimum absolute atomic E-state index is 0. The Hall–Kier alpha value is -3.68. The van der Waals surface area contributed by atoms with Gasteiger partial charge in [-0.25, -0.2) is 0 Å². The second kappa shape index (κ2) is 14.0. The van der Waals surface area contributed by atoms with E-state index in [1.54, 1.807) is 11.9 Å². The maximum absolute atomic E-state index is 13.4. The molecule has 1 unspecified atom stereocenters. The van der Waals surface area contributed by atoms with Crippen LogP contribution in [0, 0.1) is 5.92 Å². The molecule has 2 heterocycles.